The van der Waals surface area contributed by atoms with Gasteiger partial charge in [-0.1, -0.05) is 0 Å². The Morgan fingerprint density at radius 1 is 0.933 bits per heavy atom. The first-order valence-electron chi connectivity index (χ1n) is 5.05. The maximum Gasteiger partial charge on any atom is 0.305 e. The molecule has 5 heteroatoms. The van der Waals surface area contributed by atoms with Crippen LogP contribution in [0.3, 0.4) is 0 Å². The van der Waals surface area contributed by atoms with E-state index in [9.17, 15) is 9.59 Å². The third kappa shape index (κ3) is 9.21. The van der Waals surface area contributed by atoms with E-state index in [-0.39, 0.29) is 11.9 Å². The second-order valence-electron chi connectivity index (χ2n) is 3.11. The van der Waals surface area contributed by atoms with Crippen molar-refractivity contribution in [2.75, 3.05) is 27.3 Å². The van der Waals surface area contributed by atoms with Crippen LogP contribution in [0, 0.1) is 0 Å². The highest BCUT2D eigenvalue weighted by molar-refractivity contribution is 5.69. The van der Waals surface area contributed by atoms with E-state index in [0.29, 0.717) is 12.8 Å². The Hall–Kier alpha value is -1.10. The molecule has 0 radical (unpaired) electrons. The van der Waals surface area contributed by atoms with Gasteiger partial charge in [0.2, 0.25) is 0 Å². The molecule has 15 heavy (non-hydrogen) atoms. The van der Waals surface area contributed by atoms with Gasteiger partial charge >= 0.3 is 11.9 Å². The number of esters is 2. The molecule has 0 saturated heterocycles. The van der Waals surface area contributed by atoms with Crippen molar-refractivity contribution in [3.8, 4) is 0 Å². The van der Waals surface area contributed by atoms with Crippen LogP contribution < -0.4 is 5.32 Å². The second-order valence-corrected chi connectivity index (χ2v) is 3.11. The van der Waals surface area contributed by atoms with Gasteiger partial charge in [-0.15, -0.1) is 0 Å². The van der Waals surface area contributed by atoms with Gasteiger partial charge in [0, 0.05) is 12.8 Å². The number of carbonyl (C=O) groups is 2. The summed E-state index contributed by atoms with van der Waals surface area (Å²) < 4.78 is 8.99. The summed E-state index contributed by atoms with van der Waals surface area (Å²) in [6.45, 7) is 1.52. The molecule has 0 bridgehead atoms. The Morgan fingerprint density at radius 3 is 1.67 bits per heavy atom. The number of nitrogens with one attached hydrogen (secondary N) is 1. The van der Waals surface area contributed by atoms with Crippen LogP contribution in [0.5, 0.6) is 0 Å². The van der Waals surface area contributed by atoms with E-state index < -0.39 is 0 Å². The Morgan fingerprint density at radius 2 is 1.33 bits per heavy atom. The number of hydrogen-bond donors (Lipinski definition) is 1. The highest BCUT2D eigenvalue weighted by atomic mass is 16.5. The molecule has 88 valence electrons. The molecule has 1 N–H and O–H groups in total. The van der Waals surface area contributed by atoms with Crippen LogP contribution >= 0.6 is 0 Å². The van der Waals surface area contributed by atoms with Crippen molar-refractivity contribution < 1.29 is 19.1 Å². The summed E-state index contributed by atoms with van der Waals surface area (Å²) >= 11 is 0. The molecule has 0 aliphatic rings. The lowest BCUT2D eigenvalue weighted by Crippen LogP contribution is -2.18. The van der Waals surface area contributed by atoms with E-state index in [1.807, 2.05) is 0 Å². The number of ether oxygens (including phenoxy) is 2. The van der Waals surface area contributed by atoms with Gasteiger partial charge in [-0.2, -0.15) is 0 Å². The van der Waals surface area contributed by atoms with Gasteiger partial charge in [-0.25, -0.2) is 0 Å². The van der Waals surface area contributed by atoms with Crippen LogP contribution in [0.4, 0.5) is 0 Å². The van der Waals surface area contributed by atoms with E-state index in [2.05, 4.69) is 14.8 Å². The zero-order valence-electron chi connectivity index (χ0n) is 9.38. The average Bonchev–Trinajstić information content (AvgIpc) is 2.26. The highest BCUT2D eigenvalue weighted by Crippen LogP contribution is 1.92. The summed E-state index contributed by atoms with van der Waals surface area (Å²) in [6, 6.07) is 0. The molecule has 0 heterocycles. The van der Waals surface area contributed by atoms with E-state index in [1.54, 1.807) is 0 Å². The maximum atomic E-state index is 10.7. The molecule has 0 rings (SSSR count). The SMILES string of the molecule is COC(=O)CCCNCCCC(=O)OC. The van der Waals surface area contributed by atoms with Crippen molar-refractivity contribution in [3.63, 3.8) is 0 Å². The minimum Gasteiger partial charge on any atom is -0.469 e. The molecule has 0 aliphatic heterocycles. The molecule has 0 spiro atoms. The van der Waals surface area contributed by atoms with Gasteiger partial charge in [-0.05, 0) is 25.9 Å². The molecule has 0 aromatic rings. The van der Waals surface area contributed by atoms with Crippen LogP contribution in [0.2, 0.25) is 0 Å². The van der Waals surface area contributed by atoms with E-state index in [4.69, 9.17) is 0 Å². The topological polar surface area (TPSA) is 64.6 Å². The van der Waals surface area contributed by atoms with Crippen molar-refractivity contribution in [3.05, 3.63) is 0 Å². The first kappa shape index (κ1) is 13.9. The summed E-state index contributed by atoms with van der Waals surface area (Å²) in [7, 11) is 2.76. The van der Waals surface area contributed by atoms with Crippen molar-refractivity contribution in [2.45, 2.75) is 25.7 Å². The average molecular weight is 217 g/mol. The molecule has 0 saturated carbocycles. The number of methoxy groups -OCH3 is 2. The van der Waals surface area contributed by atoms with Gasteiger partial charge in [-0.3, -0.25) is 9.59 Å². The summed E-state index contributed by atoms with van der Waals surface area (Å²) in [5, 5.41) is 3.13. The molecular formula is C10H19NO4. The van der Waals surface area contributed by atoms with Crippen LogP contribution in [0.1, 0.15) is 25.7 Å². The third-order valence-electron chi connectivity index (χ3n) is 1.92. The molecule has 0 aromatic heterocycles. The summed E-state index contributed by atoms with van der Waals surface area (Å²) in [6.07, 6.45) is 2.37. The number of hydrogen-bond acceptors (Lipinski definition) is 5. The lowest BCUT2D eigenvalue weighted by molar-refractivity contribution is -0.141. The van der Waals surface area contributed by atoms with Crippen molar-refractivity contribution >= 4 is 11.9 Å². The summed E-state index contributed by atoms with van der Waals surface area (Å²) in [5.74, 6) is -0.377. The van der Waals surface area contributed by atoms with Gasteiger partial charge in [0.15, 0.2) is 0 Å². The zero-order valence-corrected chi connectivity index (χ0v) is 9.38. The lowest BCUT2D eigenvalue weighted by atomic mass is 10.3. The Labute approximate surface area is 90.1 Å². The Kier molecular flexibility index (Phi) is 8.76. The molecule has 0 fully saturated rings. The summed E-state index contributed by atoms with van der Waals surface area (Å²) in [4.78, 5) is 21.4. The molecule has 0 amide bonds. The van der Waals surface area contributed by atoms with Crippen LogP contribution in [0.15, 0.2) is 0 Å². The van der Waals surface area contributed by atoms with Crippen molar-refractivity contribution in [1.82, 2.24) is 5.32 Å². The Bertz CT molecular complexity index is 174. The molecule has 5 nitrogen and oxygen atoms in total. The van der Waals surface area contributed by atoms with E-state index >= 15 is 0 Å². The minimum absolute atomic E-state index is 0.189. The predicted octanol–water partition coefficient (Wildman–Crippen LogP) is 0.482. The van der Waals surface area contributed by atoms with Crippen LogP contribution in [0.25, 0.3) is 0 Å². The third-order valence-corrected chi connectivity index (χ3v) is 1.92. The molecule has 0 atom stereocenters. The minimum atomic E-state index is -0.189. The van der Waals surface area contributed by atoms with Crippen LogP contribution in [-0.2, 0) is 19.1 Å². The maximum absolute atomic E-state index is 10.7. The monoisotopic (exact) mass is 217 g/mol. The smallest absolute Gasteiger partial charge is 0.305 e. The number of carbonyl (C=O) groups excluding carboxylic acids is 2. The van der Waals surface area contributed by atoms with Crippen LogP contribution in [-0.4, -0.2) is 39.2 Å². The fourth-order valence-corrected chi connectivity index (χ4v) is 1.04. The molecule has 0 aromatic carbocycles. The standard InChI is InChI=1S/C10H19NO4/c1-14-9(12)5-3-7-11-8-4-6-10(13)15-2/h11H,3-8H2,1-2H3. The van der Waals surface area contributed by atoms with E-state index in [1.165, 1.54) is 14.2 Å². The molecular weight excluding hydrogens is 198 g/mol. The van der Waals surface area contributed by atoms with Crippen molar-refractivity contribution in [1.29, 1.82) is 0 Å². The quantitative estimate of drug-likeness (QED) is 0.473. The normalized spacial score (nSPS) is 9.73. The number of rotatable bonds is 8. The second kappa shape index (κ2) is 9.45. The Balaban J connectivity index is 3.11. The van der Waals surface area contributed by atoms with Gasteiger partial charge in [0.05, 0.1) is 14.2 Å². The van der Waals surface area contributed by atoms with E-state index in [0.717, 1.165) is 25.9 Å². The molecule has 0 aliphatic carbocycles. The first-order chi connectivity index (χ1) is 7.20. The largest absolute Gasteiger partial charge is 0.469 e. The molecule has 0 unspecified atom stereocenters. The van der Waals surface area contributed by atoms with Gasteiger partial charge < -0.3 is 14.8 Å². The highest BCUT2D eigenvalue weighted by Gasteiger charge is 2.00. The fraction of sp³-hybridized carbons (Fsp3) is 0.800. The lowest BCUT2D eigenvalue weighted by Gasteiger charge is -2.03. The fourth-order valence-electron chi connectivity index (χ4n) is 1.04. The van der Waals surface area contributed by atoms with Crippen molar-refractivity contribution in [2.24, 2.45) is 0 Å². The predicted molar refractivity (Wildman–Crippen MR) is 55.4 cm³/mol. The summed E-state index contributed by atoms with van der Waals surface area (Å²) in [5.41, 5.74) is 0. The first-order valence-corrected chi connectivity index (χ1v) is 5.05. The van der Waals surface area contributed by atoms with Gasteiger partial charge in [0.1, 0.15) is 0 Å². The van der Waals surface area contributed by atoms with Gasteiger partial charge in [0.25, 0.3) is 0 Å². The zero-order chi connectivity index (χ0) is 11.5.